The first kappa shape index (κ1) is 11.6. The molecule has 1 fully saturated rings. The van der Waals surface area contributed by atoms with E-state index < -0.39 is 0 Å². The molecule has 1 aromatic carbocycles. The van der Waals surface area contributed by atoms with Crippen LogP contribution in [0.25, 0.3) is 0 Å². The van der Waals surface area contributed by atoms with E-state index in [1.807, 2.05) is 19.1 Å². The second kappa shape index (κ2) is 4.58. The Kier molecular flexibility index (Phi) is 3.33. The van der Waals surface area contributed by atoms with E-state index in [-0.39, 0.29) is 11.3 Å². The molecule has 0 atom stereocenters. The zero-order valence-corrected chi connectivity index (χ0v) is 11.0. The summed E-state index contributed by atoms with van der Waals surface area (Å²) >= 11 is 3.42. The van der Waals surface area contributed by atoms with E-state index >= 15 is 0 Å². The number of halogens is 1. The zero-order chi connectivity index (χ0) is 11.6. The van der Waals surface area contributed by atoms with Gasteiger partial charge in [-0.25, -0.2) is 0 Å². The number of hydrogen-bond donors (Lipinski definition) is 1. The van der Waals surface area contributed by atoms with Crippen LogP contribution in [0.2, 0.25) is 0 Å². The van der Waals surface area contributed by atoms with Crippen molar-refractivity contribution in [2.75, 3.05) is 6.54 Å². The summed E-state index contributed by atoms with van der Waals surface area (Å²) in [5, 5.41) is 2.95. The molecule has 0 unspecified atom stereocenters. The first-order valence-corrected chi connectivity index (χ1v) is 6.53. The summed E-state index contributed by atoms with van der Waals surface area (Å²) in [4.78, 5) is 12.1. The van der Waals surface area contributed by atoms with Crippen LogP contribution >= 0.6 is 15.9 Å². The molecule has 3 heteroatoms. The van der Waals surface area contributed by atoms with Crippen molar-refractivity contribution in [2.45, 2.75) is 31.6 Å². The molecule has 0 radical (unpaired) electrons. The number of nitrogens with one attached hydrogen (secondary N) is 1. The molecule has 1 amide bonds. The smallest absolute Gasteiger partial charge is 0.230 e. The van der Waals surface area contributed by atoms with Gasteiger partial charge in [-0.15, -0.1) is 0 Å². The van der Waals surface area contributed by atoms with Gasteiger partial charge < -0.3 is 5.32 Å². The fourth-order valence-electron chi connectivity index (χ4n) is 2.28. The molecule has 86 valence electrons. The number of amides is 1. The second-order valence-electron chi connectivity index (χ2n) is 4.30. The van der Waals surface area contributed by atoms with Crippen LogP contribution in [0.15, 0.2) is 28.7 Å². The van der Waals surface area contributed by atoms with Crippen LogP contribution in [0.1, 0.15) is 31.7 Å². The van der Waals surface area contributed by atoms with E-state index in [0.717, 1.165) is 29.3 Å². The summed E-state index contributed by atoms with van der Waals surface area (Å²) in [7, 11) is 0. The Morgan fingerprint density at radius 1 is 1.38 bits per heavy atom. The Balaban J connectivity index is 2.27. The third-order valence-corrected chi connectivity index (χ3v) is 3.90. The molecule has 1 aliphatic carbocycles. The Bertz CT molecular complexity index is 381. The van der Waals surface area contributed by atoms with E-state index in [2.05, 4.69) is 33.4 Å². The van der Waals surface area contributed by atoms with Crippen molar-refractivity contribution in [3.63, 3.8) is 0 Å². The summed E-state index contributed by atoms with van der Waals surface area (Å²) in [5.74, 6) is 0.184. The topological polar surface area (TPSA) is 29.1 Å². The maximum absolute atomic E-state index is 12.1. The standard InChI is InChI=1S/C13H16BrNO/c1-2-15-12(16)13(8-3-9-13)10-4-6-11(14)7-5-10/h4-7H,2-3,8-9H2,1H3,(H,15,16). The van der Waals surface area contributed by atoms with E-state index in [1.165, 1.54) is 0 Å². The minimum Gasteiger partial charge on any atom is -0.356 e. The van der Waals surface area contributed by atoms with Crippen LogP contribution in [0.5, 0.6) is 0 Å². The monoisotopic (exact) mass is 281 g/mol. The van der Waals surface area contributed by atoms with Gasteiger partial charge in [0.2, 0.25) is 5.91 Å². The van der Waals surface area contributed by atoms with Crippen LogP contribution < -0.4 is 5.32 Å². The van der Waals surface area contributed by atoms with Crippen molar-refractivity contribution in [3.8, 4) is 0 Å². The largest absolute Gasteiger partial charge is 0.356 e. The van der Waals surface area contributed by atoms with Crippen molar-refractivity contribution in [1.82, 2.24) is 5.32 Å². The molecule has 0 bridgehead atoms. The van der Waals surface area contributed by atoms with Crippen LogP contribution in [-0.2, 0) is 10.2 Å². The van der Waals surface area contributed by atoms with Gasteiger partial charge in [-0.3, -0.25) is 4.79 Å². The molecule has 0 saturated heterocycles. The highest BCUT2D eigenvalue weighted by Crippen LogP contribution is 2.44. The van der Waals surface area contributed by atoms with Gasteiger partial charge in [0.15, 0.2) is 0 Å². The van der Waals surface area contributed by atoms with Gasteiger partial charge in [0, 0.05) is 11.0 Å². The molecule has 16 heavy (non-hydrogen) atoms. The summed E-state index contributed by atoms with van der Waals surface area (Å²) < 4.78 is 1.06. The molecule has 2 rings (SSSR count). The fraction of sp³-hybridized carbons (Fsp3) is 0.462. The SMILES string of the molecule is CCNC(=O)C1(c2ccc(Br)cc2)CCC1. The zero-order valence-electron chi connectivity index (χ0n) is 9.42. The highest BCUT2D eigenvalue weighted by molar-refractivity contribution is 9.10. The van der Waals surface area contributed by atoms with Crippen molar-refractivity contribution in [3.05, 3.63) is 34.3 Å². The summed E-state index contributed by atoms with van der Waals surface area (Å²) in [6.45, 7) is 2.67. The van der Waals surface area contributed by atoms with Crippen molar-refractivity contribution in [1.29, 1.82) is 0 Å². The Hall–Kier alpha value is -0.830. The summed E-state index contributed by atoms with van der Waals surface area (Å²) in [6, 6.07) is 8.13. The highest BCUT2D eigenvalue weighted by Gasteiger charge is 2.45. The average Bonchev–Trinajstić information content (AvgIpc) is 2.19. The molecule has 1 aliphatic rings. The number of carbonyl (C=O) groups is 1. The van der Waals surface area contributed by atoms with Gasteiger partial charge in [-0.2, -0.15) is 0 Å². The van der Waals surface area contributed by atoms with E-state index in [1.54, 1.807) is 0 Å². The molecular weight excluding hydrogens is 266 g/mol. The highest BCUT2D eigenvalue weighted by atomic mass is 79.9. The molecule has 1 N–H and O–H groups in total. The summed E-state index contributed by atoms with van der Waals surface area (Å²) in [5.41, 5.74) is 0.893. The van der Waals surface area contributed by atoms with Crippen molar-refractivity contribution >= 4 is 21.8 Å². The van der Waals surface area contributed by atoms with Gasteiger partial charge >= 0.3 is 0 Å². The number of rotatable bonds is 3. The van der Waals surface area contributed by atoms with Crippen LogP contribution in [0, 0.1) is 0 Å². The fourth-order valence-corrected chi connectivity index (χ4v) is 2.54. The third kappa shape index (κ3) is 1.88. The first-order chi connectivity index (χ1) is 7.69. The predicted molar refractivity (Wildman–Crippen MR) is 68.4 cm³/mol. The van der Waals surface area contributed by atoms with Gasteiger partial charge in [0.25, 0.3) is 0 Å². The Morgan fingerprint density at radius 2 is 2.00 bits per heavy atom. The molecule has 1 saturated carbocycles. The average molecular weight is 282 g/mol. The number of carbonyl (C=O) groups excluding carboxylic acids is 1. The molecule has 0 aromatic heterocycles. The maximum Gasteiger partial charge on any atom is 0.230 e. The Morgan fingerprint density at radius 3 is 2.44 bits per heavy atom. The molecule has 1 aromatic rings. The van der Waals surface area contributed by atoms with E-state index in [0.29, 0.717) is 6.54 Å². The second-order valence-corrected chi connectivity index (χ2v) is 5.22. The van der Waals surface area contributed by atoms with E-state index in [9.17, 15) is 4.79 Å². The van der Waals surface area contributed by atoms with Crippen LogP contribution in [-0.4, -0.2) is 12.5 Å². The lowest BCUT2D eigenvalue weighted by atomic mass is 9.64. The van der Waals surface area contributed by atoms with Gasteiger partial charge in [-0.05, 0) is 37.5 Å². The quantitative estimate of drug-likeness (QED) is 0.907. The number of benzene rings is 1. The van der Waals surface area contributed by atoms with Gasteiger partial charge in [0.1, 0.15) is 0 Å². The predicted octanol–water partition coefficient (Wildman–Crippen LogP) is 3.01. The lowest BCUT2D eigenvalue weighted by Crippen LogP contribution is -2.49. The normalized spacial score (nSPS) is 17.6. The number of hydrogen-bond acceptors (Lipinski definition) is 1. The van der Waals surface area contributed by atoms with Crippen molar-refractivity contribution in [2.24, 2.45) is 0 Å². The lowest BCUT2D eigenvalue weighted by Gasteiger charge is -2.40. The molecular formula is C13H16BrNO. The minimum absolute atomic E-state index is 0.184. The van der Waals surface area contributed by atoms with Gasteiger partial charge in [0.05, 0.1) is 5.41 Å². The first-order valence-electron chi connectivity index (χ1n) is 5.73. The third-order valence-electron chi connectivity index (χ3n) is 3.38. The molecule has 0 heterocycles. The van der Waals surface area contributed by atoms with Crippen LogP contribution in [0.3, 0.4) is 0 Å². The summed E-state index contributed by atoms with van der Waals surface area (Å²) in [6.07, 6.45) is 3.09. The van der Waals surface area contributed by atoms with Gasteiger partial charge in [-0.1, -0.05) is 34.5 Å². The molecule has 0 spiro atoms. The lowest BCUT2D eigenvalue weighted by molar-refractivity contribution is -0.129. The Labute approximate surface area is 105 Å². The molecule has 0 aliphatic heterocycles. The minimum atomic E-state index is -0.253. The van der Waals surface area contributed by atoms with Crippen LogP contribution in [0.4, 0.5) is 0 Å². The molecule has 2 nitrogen and oxygen atoms in total. The van der Waals surface area contributed by atoms with E-state index in [4.69, 9.17) is 0 Å². The number of likely N-dealkylation sites (N-methyl/N-ethyl adjacent to an activating group) is 1. The maximum atomic E-state index is 12.1. The van der Waals surface area contributed by atoms with Crippen molar-refractivity contribution < 1.29 is 4.79 Å².